The van der Waals surface area contributed by atoms with Crippen molar-refractivity contribution in [3.8, 4) is 0 Å². The molecule has 3 heterocycles. The zero-order valence-corrected chi connectivity index (χ0v) is 13.9. The van der Waals surface area contributed by atoms with E-state index in [1.54, 1.807) is 0 Å². The van der Waals surface area contributed by atoms with E-state index in [2.05, 4.69) is 36.0 Å². The Hall–Kier alpha value is -0.610. The highest BCUT2D eigenvalue weighted by Gasteiger charge is 2.43. The van der Waals surface area contributed by atoms with Crippen molar-refractivity contribution in [2.24, 2.45) is 11.3 Å². The Balaban J connectivity index is 1.69. The number of carbonyl (C=O) groups excluding carboxylic acids is 1. The van der Waals surface area contributed by atoms with Crippen molar-refractivity contribution < 1.29 is 4.79 Å². The third-order valence-electron chi connectivity index (χ3n) is 6.30. The van der Waals surface area contributed by atoms with Crippen molar-refractivity contribution in [2.75, 3.05) is 33.2 Å². The van der Waals surface area contributed by atoms with Gasteiger partial charge in [0.05, 0.1) is 0 Å². The summed E-state index contributed by atoms with van der Waals surface area (Å²) in [6.45, 7) is 8.33. The van der Waals surface area contributed by atoms with Gasteiger partial charge in [-0.15, -0.1) is 0 Å². The van der Waals surface area contributed by atoms with Crippen molar-refractivity contribution in [3.63, 3.8) is 0 Å². The maximum absolute atomic E-state index is 13.1. The van der Waals surface area contributed by atoms with E-state index >= 15 is 0 Å². The first-order chi connectivity index (χ1) is 10.00. The van der Waals surface area contributed by atoms with Gasteiger partial charge in [0.2, 0.25) is 5.91 Å². The van der Waals surface area contributed by atoms with Crippen LogP contribution < -0.4 is 5.32 Å². The third-order valence-corrected chi connectivity index (χ3v) is 6.30. The predicted molar refractivity (Wildman–Crippen MR) is 85.1 cm³/mol. The first kappa shape index (κ1) is 15.3. The summed E-state index contributed by atoms with van der Waals surface area (Å²) in [7, 11) is 2.24. The number of hydrogen-bond acceptors (Lipinski definition) is 3. The van der Waals surface area contributed by atoms with E-state index in [0.29, 0.717) is 23.9 Å². The molecule has 4 nitrogen and oxygen atoms in total. The Morgan fingerprint density at radius 1 is 1.14 bits per heavy atom. The molecule has 0 aromatic rings. The number of hydrogen-bond donors (Lipinski definition) is 1. The fraction of sp³-hybridized carbons (Fsp3) is 0.941. The molecule has 0 aromatic heterocycles. The summed E-state index contributed by atoms with van der Waals surface area (Å²) >= 11 is 0. The van der Waals surface area contributed by atoms with Crippen LogP contribution in [0.15, 0.2) is 0 Å². The highest BCUT2D eigenvalue weighted by Crippen LogP contribution is 2.36. The SMILES string of the molecule is CN1C2CCC1CN(C(=O)C(C)(C)C1CCCNC1)CC2. The lowest BCUT2D eigenvalue weighted by molar-refractivity contribution is -0.144. The molecule has 3 unspecified atom stereocenters. The molecule has 3 atom stereocenters. The van der Waals surface area contributed by atoms with Crippen molar-refractivity contribution in [1.82, 2.24) is 15.1 Å². The normalized spacial score (nSPS) is 34.8. The van der Waals surface area contributed by atoms with Crippen LogP contribution in [-0.2, 0) is 4.79 Å². The van der Waals surface area contributed by atoms with Gasteiger partial charge in [-0.2, -0.15) is 0 Å². The van der Waals surface area contributed by atoms with Crippen molar-refractivity contribution in [3.05, 3.63) is 0 Å². The van der Waals surface area contributed by atoms with Crippen LogP contribution in [0.25, 0.3) is 0 Å². The molecule has 0 radical (unpaired) electrons. The first-order valence-electron chi connectivity index (χ1n) is 8.72. The lowest BCUT2D eigenvalue weighted by Gasteiger charge is -2.40. The van der Waals surface area contributed by atoms with Gasteiger partial charge in [0, 0.05) is 30.6 Å². The number of nitrogens with one attached hydrogen (secondary N) is 1. The summed E-state index contributed by atoms with van der Waals surface area (Å²) in [4.78, 5) is 17.8. The summed E-state index contributed by atoms with van der Waals surface area (Å²) in [6.07, 6.45) is 6.12. The van der Waals surface area contributed by atoms with Crippen molar-refractivity contribution >= 4 is 5.91 Å². The maximum Gasteiger partial charge on any atom is 0.228 e. The van der Waals surface area contributed by atoms with E-state index in [4.69, 9.17) is 0 Å². The Bertz CT molecular complexity index is 389. The van der Waals surface area contributed by atoms with E-state index in [-0.39, 0.29) is 5.41 Å². The summed E-state index contributed by atoms with van der Waals surface area (Å²) in [5, 5.41) is 3.47. The molecule has 0 spiro atoms. The second kappa shape index (κ2) is 5.88. The molecule has 1 amide bonds. The van der Waals surface area contributed by atoms with Crippen LogP contribution in [0.2, 0.25) is 0 Å². The minimum Gasteiger partial charge on any atom is -0.341 e. The number of likely N-dealkylation sites (tertiary alicyclic amines) is 1. The summed E-state index contributed by atoms with van der Waals surface area (Å²) in [6, 6.07) is 1.29. The minimum atomic E-state index is -0.227. The van der Waals surface area contributed by atoms with Crippen LogP contribution in [0.5, 0.6) is 0 Å². The molecule has 4 heteroatoms. The maximum atomic E-state index is 13.1. The first-order valence-corrected chi connectivity index (χ1v) is 8.72. The molecular weight excluding hydrogens is 262 g/mol. The van der Waals surface area contributed by atoms with E-state index in [0.717, 1.165) is 32.6 Å². The molecule has 120 valence electrons. The molecule has 21 heavy (non-hydrogen) atoms. The molecular formula is C17H31N3O. The topological polar surface area (TPSA) is 35.6 Å². The predicted octanol–water partition coefficient (Wildman–Crippen LogP) is 1.71. The van der Waals surface area contributed by atoms with Gasteiger partial charge in [0.1, 0.15) is 0 Å². The molecule has 0 aromatic carbocycles. The molecule has 0 saturated carbocycles. The molecule has 3 saturated heterocycles. The van der Waals surface area contributed by atoms with Gasteiger partial charge in [0.25, 0.3) is 0 Å². The highest BCUT2D eigenvalue weighted by atomic mass is 16.2. The monoisotopic (exact) mass is 293 g/mol. The molecule has 2 bridgehead atoms. The van der Waals surface area contributed by atoms with Gasteiger partial charge < -0.3 is 10.2 Å². The Labute approximate surface area is 129 Å². The number of amides is 1. The van der Waals surface area contributed by atoms with Crippen LogP contribution in [0.3, 0.4) is 0 Å². The quantitative estimate of drug-likeness (QED) is 0.842. The molecule has 0 aliphatic carbocycles. The van der Waals surface area contributed by atoms with Crippen LogP contribution in [0, 0.1) is 11.3 Å². The standard InChI is InChI=1S/C17H31N3O/c1-17(2,13-5-4-9-18-11-13)16(21)20-10-8-14-6-7-15(12-20)19(14)3/h13-15,18H,4-12H2,1-3H3. The molecule has 3 fully saturated rings. The number of carbonyl (C=O) groups is 1. The summed E-state index contributed by atoms with van der Waals surface area (Å²) < 4.78 is 0. The number of rotatable bonds is 2. The number of likely N-dealkylation sites (N-methyl/N-ethyl adjacent to an activating group) is 1. The van der Waals surface area contributed by atoms with Gasteiger partial charge in [-0.25, -0.2) is 0 Å². The number of nitrogens with zero attached hydrogens (tertiary/aromatic N) is 2. The van der Waals surface area contributed by atoms with Crippen molar-refractivity contribution in [1.29, 1.82) is 0 Å². The average Bonchev–Trinajstić information content (AvgIpc) is 2.72. The fourth-order valence-electron chi connectivity index (χ4n) is 4.54. The van der Waals surface area contributed by atoms with E-state index in [1.165, 1.54) is 25.7 Å². The van der Waals surface area contributed by atoms with Gasteiger partial charge in [-0.3, -0.25) is 9.69 Å². The van der Waals surface area contributed by atoms with Crippen LogP contribution in [0.4, 0.5) is 0 Å². The molecule has 3 aliphatic heterocycles. The van der Waals surface area contributed by atoms with Gasteiger partial charge in [-0.1, -0.05) is 13.8 Å². The minimum absolute atomic E-state index is 0.227. The lowest BCUT2D eigenvalue weighted by atomic mass is 9.74. The van der Waals surface area contributed by atoms with E-state index in [9.17, 15) is 4.79 Å². The molecule has 1 N–H and O–H groups in total. The molecule has 3 aliphatic rings. The molecule has 3 rings (SSSR count). The smallest absolute Gasteiger partial charge is 0.228 e. The Kier molecular flexibility index (Phi) is 4.28. The Morgan fingerprint density at radius 2 is 1.90 bits per heavy atom. The Morgan fingerprint density at radius 3 is 2.62 bits per heavy atom. The van der Waals surface area contributed by atoms with E-state index < -0.39 is 0 Å². The highest BCUT2D eigenvalue weighted by molar-refractivity contribution is 5.82. The van der Waals surface area contributed by atoms with Crippen molar-refractivity contribution in [2.45, 2.75) is 58.0 Å². The largest absolute Gasteiger partial charge is 0.341 e. The zero-order valence-electron chi connectivity index (χ0n) is 13.9. The van der Waals surface area contributed by atoms with Gasteiger partial charge >= 0.3 is 0 Å². The van der Waals surface area contributed by atoms with Crippen LogP contribution >= 0.6 is 0 Å². The number of piperidine rings is 1. The average molecular weight is 293 g/mol. The lowest BCUT2D eigenvalue weighted by Crippen LogP contribution is -2.50. The second-order valence-electron chi connectivity index (χ2n) is 7.86. The second-order valence-corrected chi connectivity index (χ2v) is 7.86. The fourth-order valence-corrected chi connectivity index (χ4v) is 4.54. The summed E-state index contributed by atoms with van der Waals surface area (Å²) in [5.41, 5.74) is -0.227. The zero-order chi connectivity index (χ0) is 15.0. The number of fused-ring (bicyclic) bond motifs is 2. The van der Waals surface area contributed by atoms with E-state index in [1.807, 2.05) is 0 Å². The van der Waals surface area contributed by atoms with Crippen LogP contribution in [0.1, 0.15) is 46.0 Å². The summed E-state index contributed by atoms with van der Waals surface area (Å²) in [5.74, 6) is 0.870. The van der Waals surface area contributed by atoms with Gasteiger partial charge in [-0.05, 0) is 58.2 Å². The third kappa shape index (κ3) is 2.85. The van der Waals surface area contributed by atoms with Crippen LogP contribution in [-0.4, -0.2) is 61.0 Å². The van der Waals surface area contributed by atoms with Gasteiger partial charge in [0.15, 0.2) is 0 Å².